The van der Waals surface area contributed by atoms with E-state index >= 15 is 0 Å². The maximum Gasteiger partial charge on any atom is 0.341 e. The van der Waals surface area contributed by atoms with Crippen molar-refractivity contribution in [2.45, 2.75) is 13.3 Å². The van der Waals surface area contributed by atoms with Crippen LogP contribution in [0, 0.1) is 6.92 Å². The minimum absolute atomic E-state index is 0.0925. The van der Waals surface area contributed by atoms with Crippen LogP contribution in [0.25, 0.3) is 0 Å². The normalized spacial score (nSPS) is 10.3. The number of aryl methyl sites for hydroxylation is 1. The fourth-order valence-electron chi connectivity index (χ4n) is 2.01. The van der Waals surface area contributed by atoms with Crippen molar-refractivity contribution >= 4 is 5.97 Å². The first kappa shape index (κ1) is 13.9. The first-order chi connectivity index (χ1) is 9.56. The number of methoxy groups -OCH3 is 2. The Hall–Kier alpha value is -2.50. The van der Waals surface area contributed by atoms with Crippen LogP contribution < -0.4 is 9.47 Å². The number of rotatable bonds is 5. The summed E-state index contributed by atoms with van der Waals surface area (Å²) in [5.41, 5.74) is 1.24. The highest BCUT2D eigenvalue weighted by atomic mass is 16.5. The molecule has 0 unspecified atom stereocenters. The Bertz CT molecular complexity index is 632. The molecule has 0 bridgehead atoms. The summed E-state index contributed by atoms with van der Waals surface area (Å²) in [5.74, 6) is 0.538. The Kier molecular flexibility index (Phi) is 3.93. The molecule has 6 nitrogen and oxygen atoms in total. The molecule has 0 aliphatic rings. The second-order valence-corrected chi connectivity index (χ2v) is 4.22. The van der Waals surface area contributed by atoms with E-state index in [1.165, 1.54) is 0 Å². The van der Waals surface area contributed by atoms with Crippen LogP contribution in [0.5, 0.6) is 11.5 Å². The van der Waals surface area contributed by atoms with E-state index in [9.17, 15) is 9.90 Å². The first-order valence-corrected chi connectivity index (χ1v) is 5.96. The third-order valence-electron chi connectivity index (χ3n) is 2.99. The highest BCUT2D eigenvalue weighted by Gasteiger charge is 2.21. The maximum absolute atomic E-state index is 11.2. The molecule has 1 aromatic heterocycles. The Balaban J connectivity index is 2.41. The van der Waals surface area contributed by atoms with Gasteiger partial charge in [0.1, 0.15) is 28.5 Å². The molecule has 2 aromatic rings. The lowest BCUT2D eigenvalue weighted by Crippen LogP contribution is -2.03. The zero-order valence-electron chi connectivity index (χ0n) is 11.5. The molecule has 1 N–H and O–H groups in total. The molecular formula is C14H15NO5. The van der Waals surface area contributed by atoms with Crippen molar-refractivity contribution in [1.82, 2.24) is 5.16 Å². The van der Waals surface area contributed by atoms with Crippen LogP contribution in [0.1, 0.15) is 27.4 Å². The van der Waals surface area contributed by atoms with Gasteiger partial charge in [-0.2, -0.15) is 0 Å². The van der Waals surface area contributed by atoms with E-state index in [0.717, 1.165) is 5.56 Å². The van der Waals surface area contributed by atoms with Crippen LogP contribution in [-0.2, 0) is 6.42 Å². The van der Waals surface area contributed by atoms with Crippen molar-refractivity contribution in [3.05, 3.63) is 40.8 Å². The second kappa shape index (κ2) is 5.64. The average Bonchev–Trinajstić information content (AvgIpc) is 2.79. The summed E-state index contributed by atoms with van der Waals surface area (Å²) in [6, 6.07) is 5.32. The zero-order valence-corrected chi connectivity index (χ0v) is 11.5. The minimum Gasteiger partial charge on any atom is -0.497 e. The highest BCUT2D eigenvalue weighted by molar-refractivity contribution is 5.90. The first-order valence-electron chi connectivity index (χ1n) is 5.96. The molecule has 20 heavy (non-hydrogen) atoms. The van der Waals surface area contributed by atoms with Gasteiger partial charge < -0.3 is 19.1 Å². The summed E-state index contributed by atoms with van der Waals surface area (Å²) in [5, 5.41) is 13.0. The third-order valence-corrected chi connectivity index (χ3v) is 2.99. The van der Waals surface area contributed by atoms with Gasteiger partial charge in [0.15, 0.2) is 0 Å². The molecule has 0 amide bonds. The maximum atomic E-state index is 11.2. The molecule has 0 spiro atoms. The van der Waals surface area contributed by atoms with Crippen molar-refractivity contribution in [3.8, 4) is 11.5 Å². The van der Waals surface area contributed by atoms with Gasteiger partial charge in [-0.1, -0.05) is 5.16 Å². The van der Waals surface area contributed by atoms with Crippen molar-refractivity contribution < 1.29 is 23.9 Å². The van der Waals surface area contributed by atoms with Gasteiger partial charge in [-0.05, 0) is 25.1 Å². The van der Waals surface area contributed by atoms with E-state index < -0.39 is 5.97 Å². The number of aromatic nitrogens is 1. The van der Waals surface area contributed by atoms with Crippen LogP contribution in [-0.4, -0.2) is 30.5 Å². The number of hydrogen-bond acceptors (Lipinski definition) is 5. The standard InChI is InChI=1S/C14H15NO5/c1-8-13(14(16)17)11(15-20-8)7-9-6-10(18-2)4-5-12(9)19-3/h4-6H,7H2,1-3H3,(H,16,17). The van der Waals surface area contributed by atoms with E-state index in [1.54, 1.807) is 39.3 Å². The molecule has 1 heterocycles. The van der Waals surface area contributed by atoms with Crippen molar-refractivity contribution in [2.75, 3.05) is 14.2 Å². The Morgan fingerprint density at radius 3 is 2.70 bits per heavy atom. The van der Waals surface area contributed by atoms with Gasteiger partial charge >= 0.3 is 5.97 Å². The van der Waals surface area contributed by atoms with Gasteiger partial charge in [0, 0.05) is 12.0 Å². The Morgan fingerprint density at radius 2 is 2.10 bits per heavy atom. The number of ether oxygens (including phenoxy) is 2. The predicted octanol–water partition coefficient (Wildman–Crippen LogP) is 2.29. The van der Waals surface area contributed by atoms with Crippen molar-refractivity contribution in [2.24, 2.45) is 0 Å². The van der Waals surface area contributed by atoms with Gasteiger partial charge in [0.05, 0.1) is 14.2 Å². The fraction of sp³-hybridized carbons (Fsp3) is 0.286. The fourth-order valence-corrected chi connectivity index (χ4v) is 2.01. The van der Waals surface area contributed by atoms with Gasteiger partial charge in [-0.15, -0.1) is 0 Å². The topological polar surface area (TPSA) is 81.8 Å². The van der Waals surface area contributed by atoms with E-state index in [4.69, 9.17) is 14.0 Å². The molecule has 106 valence electrons. The number of carboxylic acid groups (broad SMARTS) is 1. The Morgan fingerprint density at radius 1 is 1.35 bits per heavy atom. The largest absolute Gasteiger partial charge is 0.497 e. The summed E-state index contributed by atoms with van der Waals surface area (Å²) in [6.07, 6.45) is 0.291. The van der Waals surface area contributed by atoms with E-state index in [0.29, 0.717) is 23.6 Å². The number of hydrogen-bond donors (Lipinski definition) is 1. The number of carboxylic acids is 1. The average molecular weight is 277 g/mol. The van der Waals surface area contributed by atoms with Crippen molar-refractivity contribution in [3.63, 3.8) is 0 Å². The second-order valence-electron chi connectivity index (χ2n) is 4.22. The zero-order chi connectivity index (χ0) is 14.7. The monoisotopic (exact) mass is 277 g/mol. The summed E-state index contributed by atoms with van der Waals surface area (Å²) in [4.78, 5) is 11.2. The SMILES string of the molecule is COc1ccc(OC)c(Cc2noc(C)c2C(=O)O)c1. The van der Waals surface area contributed by atoms with Gasteiger partial charge in [-0.25, -0.2) is 4.79 Å². The molecule has 0 aliphatic heterocycles. The molecule has 0 atom stereocenters. The quantitative estimate of drug-likeness (QED) is 0.903. The molecule has 1 aromatic carbocycles. The molecular weight excluding hydrogens is 262 g/mol. The third kappa shape index (κ3) is 2.59. The molecule has 2 rings (SSSR count). The molecule has 6 heteroatoms. The lowest BCUT2D eigenvalue weighted by molar-refractivity contribution is 0.0694. The van der Waals surface area contributed by atoms with Crippen LogP contribution in [0.3, 0.4) is 0 Å². The lowest BCUT2D eigenvalue weighted by atomic mass is 10.0. The van der Waals surface area contributed by atoms with Crippen molar-refractivity contribution in [1.29, 1.82) is 0 Å². The molecule has 0 saturated heterocycles. The lowest BCUT2D eigenvalue weighted by Gasteiger charge is -2.09. The summed E-state index contributed by atoms with van der Waals surface area (Å²) in [7, 11) is 3.12. The number of carbonyl (C=O) groups is 1. The van der Waals surface area contributed by atoms with E-state index in [2.05, 4.69) is 5.16 Å². The van der Waals surface area contributed by atoms with E-state index in [-0.39, 0.29) is 11.3 Å². The van der Waals surface area contributed by atoms with Gasteiger partial charge in [0.2, 0.25) is 0 Å². The van der Waals surface area contributed by atoms with Crippen LogP contribution in [0.4, 0.5) is 0 Å². The summed E-state index contributed by atoms with van der Waals surface area (Å²) in [6.45, 7) is 1.57. The Labute approximate surface area is 115 Å². The smallest absolute Gasteiger partial charge is 0.341 e. The number of aromatic carboxylic acids is 1. The molecule has 0 aliphatic carbocycles. The van der Waals surface area contributed by atoms with Gasteiger partial charge in [0.25, 0.3) is 0 Å². The predicted molar refractivity (Wildman–Crippen MR) is 70.6 cm³/mol. The highest BCUT2D eigenvalue weighted by Crippen LogP contribution is 2.27. The van der Waals surface area contributed by atoms with Crippen LogP contribution >= 0.6 is 0 Å². The van der Waals surface area contributed by atoms with Crippen LogP contribution in [0.15, 0.2) is 22.7 Å². The van der Waals surface area contributed by atoms with Crippen LogP contribution in [0.2, 0.25) is 0 Å². The summed E-state index contributed by atoms with van der Waals surface area (Å²) >= 11 is 0. The van der Waals surface area contributed by atoms with Gasteiger partial charge in [-0.3, -0.25) is 0 Å². The van der Waals surface area contributed by atoms with E-state index in [1.807, 2.05) is 0 Å². The number of benzene rings is 1. The number of nitrogens with zero attached hydrogens (tertiary/aromatic N) is 1. The molecule has 0 radical (unpaired) electrons. The molecule has 0 fully saturated rings. The molecule has 0 saturated carbocycles. The minimum atomic E-state index is -1.05. The summed E-state index contributed by atoms with van der Waals surface area (Å²) < 4.78 is 15.4.